The first kappa shape index (κ1) is 18.8. The molecule has 1 saturated carbocycles. The van der Waals surface area contributed by atoms with Gasteiger partial charge in [0.1, 0.15) is 0 Å². The van der Waals surface area contributed by atoms with Crippen LogP contribution < -0.4 is 5.32 Å². The van der Waals surface area contributed by atoms with Crippen LogP contribution in [0.5, 0.6) is 0 Å². The molecule has 0 amide bonds. The Morgan fingerprint density at radius 1 is 0.905 bits per heavy atom. The minimum atomic E-state index is -0.185. The molecule has 126 valence electrons. The molecule has 0 heterocycles. The zero-order valence-corrected chi connectivity index (χ0v) is 13.5. The molecule has 1 aliphatic rings. The second-order valence-electron chi connectivity index (χ2n) is 5.60. The molecule has 1 fully saturated rings. The Balaban J connectivity index is 1.76. The highest BCUT2D eigenvalue weighted by atomic mass is 16.5. The summed E-state index contributed by atoms with van der Waals surface area (Å²) in [6, 6.07) is 0.249. The van der Waals surface area contributed by atoms with Crippen LogP contribution in [0, 0.1) is 0 Å². The van der Waals surface area contributed by atoms with Crippen molar-refractivity contribution in [3.63, 3.8) is 0 Å². The van der Waals surface area contributed by atoms with Crippen LogP contribution in [-0.2, 0) is 14.2 Å². The van der Waals surface area contributed by atoms with E-state index >= 15 is 0 Å². The summed E-state index contributed by atoms with van der Waals surface area (Å²) in [5, 5.41) is 13.2. The molecule has 0 aromatic heterocycles. The van der Waals surface area contributed by atoms with Crippen LogP contribution in [0.15, 0.2) is 0 Å². The van der Waals surface area contributed by atoms with Gasteiger partial charge < -0.3 is 24.6 Å². The SMILES string of the molecule is CCCCOCCOCCOCCNC1CCCCC1O. The van der Waals surface area contributed by atoms with Crippen molar-refractivity contribution < 1.29 is 19.3 Å². The highest BCUT2D eigenvalue weighted by molar-refractivity contribution is 4.79. The monoisotopic (exact) mass is 303 g/mol. The van der Waals surface area contributed by atoms with Crippen molar-refractivity contribution in [1.82, 2.24) is 5.32 Å². The lowest BCUT2D eigenvalue weighted by Gasteiger charge is -2.28. The van der Waals surface area contributed by atoms with Gasteiger partial charge in [0.25, 0.3) is 0 Å². The maximum atomic E-state index is 9.81. The molecule has 1 aliphatic carbocycles. The van der Waals surface area contributed by atoms with Gasteiger partial charge in [-0.3, -0.25) is 0 Å². The number of aliphatic hydroxyl groups excluding tert-OH is 1. The van der Waals surface area contributed by atoms with Gasteiger partial charge in [0.15, 0.2) is 0 Å². The topological polar surface area (TPSA) is 60.0 Å². The summed E-state index contributed by atoms with van der Waals surface area (Å²) in [6.45, 7) is 6.98. The van der Waals surface area contributed by atoms with Crippen LogP contribution in [0.25, 0.3) is 0 Å². The van der Waals surface area contributed by atoms with Crippen molar-refractivity contribution in [2.45, 2.75) is 57.6 Å². The lowest BCUT2D eigenvalue weighted by atomic mass is 9.93. The van der Waals surface area contributed by atoms with Gasteiger partial charge >= 0.3 is 0 Å². The Labute approximate surface area is 129 Å². The number of ether oxygens (including phenoxy) is 3. The van der Waals surface area contributed by atoms with E-state index in [-0.39, 0.29) is 12.1 Å². The maximum Gasteiger partial charge on any atom is 0.0701 e. The molecule has 2 unspecified atom stereocenters. The van der Waals surface area contributed by atoms with E-state index in [1.807, 2.05) is 0 Å². The molecule has 0 bridgehead atoms. The summed E-state index contributed by atoms with van der Waals surface area (Å²) in [7, 11) is 0. The molecule has 2 N–H and O–H groups in total. The first-order valence-electron chi connectivity index (χ1n) is 8.49. The average Bonchev–Trinajstić information content (AvgIpc) is 2.50. The van der Waals surface area contributed by atoms with Gasteiger partial charge in [-0.2, -0.15) is 0 Å². The number of aliphatic hydroxyl groups is 1. The Kier molecular flexibility index (Phi) is 12.1. The van der Waals surface area contributed by atoms with Crippen LogP contribution in [0.2, 0.25) is 0 Å². The van der Waals surface area contributed by atoms with E-state index in [4.69, 9.17) is 14.2 Å². The van der Waals surface area contributed by atoms with Crippen molar-refractivity contribution in [3.05, 3.63) is 0 Å². The second-order valence-corrected chi connectivity index (χ2v) is 5.60. The molecule has 5 heteroatoms. The van der Waals surface area contributed by atoms with Gasteiger partial charge in [-0.15, -0.1) is 0 Å². The van der Waals surface area contributed by atoms with Gasteiger partial charge in [0.2, 0.25) is 0 Å². The second kappa shape index (κ2) is 13.5. The van der Waals surface area contributed by atoms with E-state index in [1.54, 1.807) is 0 Å². The normalized spacial score (nSPS) is 22.6. The third kappa shape index (κ3) is 10.2. The number of hydrogen-bond donors (Lipinski definition) is 2. The summed E-state index contributed by atoms with van der Waals surface area (Å²) >= 11 is 0. The zero-order chi connectivity index (χ0) is 15.2. The molecular weight excluding hydrogens is 270 g/mol. The summed E-state index contributed by atoms with van der Waals surface area (Å²) in [6.07, 6.45) is 6.45. The maximum absolute atomic E-state index is 9.81. The predicted octanol–water partition coefficient (Wildman–Crippen LogP) is 1.73. The number of unbranched alkanes of at least 4 members (excludes halogenated alkanes) is 1. The standard InChI is InChI=1S/C16H33NO4/c1-2-3-9-19-11-13-21-14-12-20-10-8-17-15-6-4-5-7-16(15)18/h15-18H,2-14H2,1H3. The van der Waals surface area contributed by atoms with Gasteiger partial charge in [0, 0.05) is 19.2 Å². The molecule has 0 aromatic rings. The Hall–Kier alpha value is -0.200. The van der Waals surface area contributed by atoms with Gasteiger partial charge in [-0.1, -0.05) is 26.2 Å². The van der Waals surface area contributed by atoms with Crippen molar-refractivity contribution >= 4 is 0 Å². The summed E-state index contributed by atoms with van der Waals surface area (Å²) < 4.78 is 16.3. The smallest absolute Gasteiger partial charge is 0.0701 e. The molecule has 0 radical (unpaired) electrons. The summed E-state index contributed by atoms with van der Waals surface area (Å²) in [4.78, 5) is 0. The van der Waals surface area contributed by atoms with Crippen LogP contribution in [-0.4, -0.2) is 63.4 Å². The van der Waals surface area contributed by atoms with Crippen LogP contribution in [0.3, 0.4) is 0 Å². The molecule has 5 nitrogen and oxygen atoms in total. The third-order valence-corrected chi connectivity index (χ3v) is 3.77. The van der Waals surface area contributed by atoms with E-state index < -0.39 is 0 Å². The van der Waals surface area contributed by atoms with Gasteiger partial charge in [-0.25, -0.2) is 0 Å². The van der Waals surface area contributed by atoms with E-state index in [0.29, 0.717) is 33.0 Å². The molecule has 21 heavy (non-hydrogen) atoms. The average molecular weight is 303 g/mol. The number of nitrogens with one attached hydrogen (secondary N) is 1. The summed E-state index contributed by atoms with van der Waals surface area (Å²) in [5.41, 5.74) is 0. The lowest BCUT2D eigenvalue weighted by molar-refractivity contribution is 0.0130. The summed E-state index contributed by atoms with van der Waals surface area (Å²) in [5.74, 6) is 0. The number of rotatable bonds is 13. The Morgan fingerprint density at radius 3 is 2.19 bits per heavy atom. The Bertz CT molecular complexity index is 228. The van der Waals surface area contributed by atoms with Crippen LogP contribution in [0.4, 0.5) is 0 Å². The zero-order valence-electron chi connectivity index (χ0n) is 13.5. The molecule has 0 spiro atoms. The minimum absolute atomic E-state index is 0.185. The van der Waals surface area contributed by atoms with Crippen LogP contribution >= 0.6 is 0 Å². The largest absolute Gasteiger partial charge is 0.392 e. The lowest BCUT2D eigenvalue weighted by Crippen LogP contribution is -2.43. The highest BCUT2D eigenvalue weighted by Crippen LogP contribution is 2.17. The van der Waals surface area contributed by atoms with E-state index in [1.165, 1.54) is 12.8 Å². The minimum Gasteiger partial charge on any atom is -0.392 e. The fourth-order valence-corrected chi connectivity index (χ4v) is 2.45. The van der Waals surface area contributed by atoms with E-state index in [0.717, 1.165) is 38.8 Å². The quantitative estimate of drug-likeness (QED) is 0.507. The van der Waals surface area contributed by atoms with Crippen molar-refractivity contribution in [1.29, 1.82) is 0 Å². The molecule has 1 rings (SSSR count). The highest BCUT2D eigenvalue weighted by Gasteiger charge is 2.21. The van der Waals surface area contributed by atoms with Crippen molar-refractivity contribution in [2.75, 3.05) is 46.2 Å². The fraction of sp³-hybridized carbons (Fsp3) is 1.00. The van der Waals surface area contributed by atoms with Crippen molar-refractivity contribution in [2.24, 2.45) is 0 Å². The van der Waals surface area contributed by atoms with Gasteiger partial charge in [0.05, 0.1) is 39.1 Å². The number of hydrogen-bond acceptors (Lipinski definition) is 5. The third-order valence-electron chi connectivity index (χ3n) is 3.77. The first-order chi connectivity index (χ1) is 10.3. The molecular formula is C16H33NO4. The van der Waals surface area contributed by atoms with E-state index in [9.17, 15) is 5.11 Å². The molecule has 0 aliphatic heterocycles. The van der Waals surface area contributed by atoms with Crippen LogP contribution in [0.1, 0.15) is 45.4 Å². The predicted molar refractivity (Wildman–Crippen MR) is 83.6 cm³/mol. The van der Waals surface area contributed by atoms with E-state index in [2.05, 4.69) is 12.2 Å². The van der Waals surface area contributed by atoms with Gasteiger partial charge in [-0.05, 0) is 19.3 Å². The molecule has 0 saturated heterocycles. The first-order valence-corrected chi connectivity index (χ1v) is 8.49. The van der Waals surface area contributed by atoms with Crippen molar-refractivity contribution in [3.8, 4) is 0 Å². The fourth-order valence-electron chi connectivity index (χ4n) is 2.45. The molecule has 0 aromatic carbocycles. The molecule has 2 atom stereocenters. The Morgan fingerprint density at radius 2 is 1.52 bits per heavy atom.